The minimum absolute atomic E-state index is 0.0206. The van der Waals surface area contributed by atoms with Gasteiger partial charge in [-0.2, -0.15) is 5.26 Å². The Morgan fingerprint density at radius 3 is 2.41 bits per heavy atom. The molecule has 0 N–H and O–H groups in total. The summed E-state index contributed by atoms with van der Waals surface area (Å²) >= 11 is 0. The normalized spacial score (nSPS) is 18.9. The smallest absolute Gasteiger partial charge is 0.271 e. The first kappa shape index (κ1) is 21.2. The lowest BCUT2D eigenvalue weighted by atomic mass is 9.89. The lowest BCUT2D eigenvalue weighted by molar-refractivity contribution is -0.384. The summed E-state index contributed by atoms with van der Waals surface area (Å²) in [5.41, 5.74) is 1.20. The van der Waals surface area contributed by atoms with Crippen molar-refractivity contribution in [1.82, 2.24) is 4.90 Å². The molecule has 1 saturated carbocycles. The van der Waals surface area contributed by atoms with Gasteiger partial charge in [-0.05, 0) is 55.7 Å². The van der Waals surface area contributed by atoms with Gasteiger partial charge in [0.2, 0.25) is 0 Å². The molecule has 0 spiro atoms. The van der Waals surface area contributed by atoms with Gasteiger partial charge in [-0.15, -0.1) is 0 Å². The predicted octanol–water partition coefficient (Wildman–Crippen LogP) is 4.78. The van der Waals surface area contributed by atoms with Crippen molar-refractivity contribution in [2.24, 2.45) is 0 Å². The highest BCUT2D eigenvalue weighted by Gasteiger charge is 2.40. The van der Waals surface area contributed by atoms with Crippen LogP contribution in [0.25, 0.3) is 17.4 Å². The number of nitro groups is 1. The minimum atomic E-state index is -0.523. The first-order valence-electron chi connectivity index (χ1n) is 10.5. The Kier molecular flexibility index (Phi) is 5.73. The average molecular weight is 431 g/mol. The molecule has 0 unspecified atom stereocenters. The fraction of sp³-hybridized carbons (Fsp3) is 0.292. The van der Waals surface area contributed by atoms with Crippen molar-refractivity contribution in [2.45, 2.75) is 45.1 Å². The fourth-order valence-corrected chi connectivity index (χ4v) is 4.25. The van der Waals surface area contributed by atoms with Crippen molar-refractivity contribution in [1.29, 1.82) is 5.26 Å². The van der Waals surface area contributed by atoms with Gasteiger partial charge in [0.25, 0.3) is 17.5 Å². The first-order chi connectivity index (χ1) is 15.4. The molecular formula is C24H21N3O5. The molecule has 1 fully saturated rings. The predicted molar refractivity (Wildman–Crippen MR) is 116 cm³/mol. The van der Waals surface area contributed by atoms with E-state index in [-0.39, 0.29) is 22.9 Å². The van der Waals surface area contributed by atoms with E-state index < -0.39 is 16.7 Å². The van der Waals surface area contributed by atoms with Crippen LogP contribution in [-0.4, -0.2) is 27.7 Å². The number of non-ortho nitro benzene ring substituents is 1. The van der Waals surface area contributed by atoms with Gasteiger partial charge >= 0.3 is 0 Å². The first-order valence-corrected chi connectivity index (χ1v) is 10.5. The molecule has 2 amide bonds. The summed E-state index contributed by atoms with van der Waals surface area (Å²) in [5.74, 6) is -0.0644. The number of nitrogens with zero attached hydrogens (tertiary/aromatic N) is 3. The Bertz CT molecular complexity index is 1190. The second-order valence-electron chi connectivity index (χ2n) is 7.95. The third kappa shape index (κ3) is 3.85. The van der Waals surface area contributed by atoms with Crippen LogP contribution in [0.1, 0.15) is 44.8 Å². The van der Waals surface area contributed by atoms with Crippen LogP contribution >= 0.6 is 0 Å². The molecule has 0 saturated heterocycles. The van der Waals surface area contributed by atoms with Crippen LogP contribution in [0.4, 0.5) is 5.69 Å². The zero-order valence-electron chi connectivity index (χ0n) is 17.5. The number of furan rings is 1. The van der Waals surface area contributed by atoms with Crippen LogP contribution in [0, 0.1) is 21.4 Å². The average Bonchev–Trinajstić information content (AvgIpc) is 3.26. The van der Waals surface area contributed by atoms with Gasteiger partial charge < -0.3 is 4.42 Å². The van der Waals surface area contributed by atoms with E-state index in [0.29, 0.717) is 22.7 Å². The number of amides is 2. The van der Waals surface area contributed by atoms with E-state index in [1.165, 1.54) is 17.0 Å². The summed E-state index contributed by atoms with van der Waals surface area (Å²) in [6.07, 6.45) is 6.00. The molecule has 4 rings (SSSR count). The number of hydrogen-bond acceptors (Lipinski definition) is 6. The maximum absolute atomic E-state index is 13.3. The molecule has 1 aliphatic heterocycles. The van der Waals surface area contributed by atoms with Crippen molar-refractivity contribution in [2.75, 3.05) is 0 Å². The molecule has 1 aromatic heterocycles. The quantitative estimate of drug-likeness (QED) is 0.298. The third-order valence-electron chi connectivity index (χ3n) is 5.99. The number of benzene rings is 1. The van der Waals surface area contributed by atoms with E-state index >= 15 is 0 Å². The molecule has 1 aliphatic carbocycles. The van der Waals surface area contributed by atoms with E-state index in [1.807, 2.05) is 6.07 Å². The van der Waals surface area contributed by atoms with Gasteiger partial charge in [0.1, 0.15) is 23.2 Å². The Labute approximate surface area is 184 Å². The Morgan fingerprint density at radius 1 is 1.09 bits per heavy atom. The number of imide groups is 1. The molecule has 2 heterocycles. The summed E-state index contributed by atoms with van der Waals surface area (Å²) in [5, 5.41) is 20.4. The Hall–Kier alpha value is -3.99. The number of nitriles is 1. The third-order valence-corrected chi connectivity index (χ3v) is 5.99. The van der Waals surface area contributed by atoms with Crippen molar-refractivity contribution in [3.8, 4) is 17.4 Å². The van der Waals surface area contributed by atoms with Gasteiger partial charge in [-0.3, -0.25) is 24.6 Å². The molecule has 32 heavy (non-hydrogen) atoms. The van der Waals surface area contributed by atoms with E-state index in [0.717, 1.165) is 32.1 Å². The largest absolute Gasteiger partial charge is 0.457 e. The highest BCUT2D eigenvalue weighted by atomic mass is 16.6. The zero-order valence-corrected chi connectivity index (χ0v) is 17.5. The number of carbonyl (C=O) groups excluding carboxylic acids is 2. The van der Waals surface area contributed by atoms with Crippen molar-refractivity contribution in [3.63, 3.8) is 0 Å². The lowest BCUT2D eigenvalue weighted by Crippen LogP contribution is -2.49. The lowest BCUT2D eigenvalue weighted by Gasteiger charge is -2.36. The minimum Gasteiger partial charge on any atom is -0.457 e. The van der Waals surface area contributed by atoms with Crippen molar-refractivity contribution >= 4 is 23.6 Å². The summed E-state index contributed by atoms with van der Waals surface area (Å²) in [7, 11) is 0. The van der Waals surface area contributed by atoms with Crippen LogP contribution in [0.5, 0.6) is 0 Å². The van der Waals surface area contributed by atoms with Gasteiger partial charge in [0, 0.05) is 29.3 Å². The summed E-state index contributed by atoms with van der Waals surface area (Å²) in [4.78, 5) is 37.8. The highest BCUT2D eigenvalue weighted by molar-refractivity contribution is 6.19. The maximum Gasteiger partial charge on any atom is 0.271 e. The second kappa shape index (κ2) is 8.63. The van der Waals surface area contributed by atoms with Crippen molar-refractivity contribution < 1.29 is 18.9 Å². The molecule has 2 aromatic rings. The molecule has 0 bridgehead atoms. The maximum atomic E-state index is 13.3. The van der Waals surface area contributed by atoms with Crippen LogP contribution in [-0.2, 0) is 9.59 Å². The van der Waals surface area contributed by atoms with E-state index in [1.54, 1.807) is 37.3 Å². The molecule has 162 valence electrons. The van der Waals surface area contributed by atoms with Crippen LogP contribution in [0.15, 0.2) is 57.5 Å². The monoisotopic (exact) mass is 431 g/mol. The van der Waals surface area contributed by atoms with Gasteiger partial charge in [-0.1, -0.05) is 19.3 Å². The number of nitro benzene ring substituents is 1. The Balaban J connectivity index is 1.68. The molecule has 8 heteroatoms. The number of rotatable bonds is 4. The molecule has 1 aromatic carbocycles. The van der Waals surface area contributed by atoms with Crippen molar-refractivity contribution in [3.05, 3.63) is 69.0 Å². The van der Waals surface area contributed by atoms with Gasteiger partial charge in [-0.25, -0.2) is 0 Å². The van der Waals surface area contributed by atoms with Crippen LogP contribution in [0.3, 0.4) is 0 Å². The van der Waals surface area contributed by atoms with Crippen LogP contribution < -0.4 is 0 Å². The molecular weight excluding hydrogens is 410 g/mol. The topological polar surface area (TPSA) is 117 Å². The van der Waals surface area contributed by atoms with E-state index in [9.17, 15) is 25.0 Å². The molecule has 2 aliphatic rings. The molecule has 0 radical (unpaired) electrons. The summed E-state index contributed by atoms with van der Waals surface area (Å²) in [6, 6.07) is 11.1. The van der Waals surface area contributed by atoms with E-state index in [2.05, 4.69) is 0 Å². The fourth-order valence-electron chi connectivity index (χ4n) is 4.25. The molecule has 0 atom stereocenters. The highest BCUT2D eigenvalue weighted by Crippen LogP contribution is 2.33. The summed E-state index contributed by atoms with van der Waals surface area (Å²) < 4.78 is 5.84. The standard InChI is InChI=1S/C24H21N3O5/c1-15-20(23(28)26(24(29)21(15)14-25)17-5-3-2-4-6-17)13-19-11-12-22(32-19)16-7-9-18(10-8-16)27(30)31/h7-13,17H,2-6H2,1H3/b20-13+. The number of hydrogen-bond donors (Lipinski definition) is 0. The van der Waals surface area contributed by atoms with Crippen LogP contribution in [0.2, 0.25) is 0 Å². The number of carbonyl (C=O) groups is 2. The molecule has 8 nitrogen and oxygen atoms in total. The van der Waals surface area contributed by atoms with E-state index in [4.69, 9.17) is 4.42 Å². The SMILES string of the molecule is CC1=C(C#N)C(=O)N(C2CCCCC2)C(=O)/C1=C/c1ccc(-c2ccc([N+](=O)[O-])cc2)o1. The van der Waals surface area contributed by atoms with Gasteiger partial charge in [0.15, 0.2) is 0 Å². The second-order valence-corrected chi connectivity index (χ2v) is 7.95. The Morgan fingerprint density at radius 2 is 1.78 bits per heavy atom. The zero-order chi connectivity index (χ0) is 22.8. The van der Waals surface area contributed by atoms with Gasteiger partial charge in [0.05, 0.1) is 4.92 Å². The summed E-state index contributed by atoms with van der Waals surface area (Å²) in [6.45, 7) is 1.60.